The monoisotopic (exact) mass is 226 g/mol. The molecule has 1 aromatic rings. The minimum atomic E-state index is -0.524. The molecule has 0 aliphatic rings. The lowest BCUT2D eigenvalue weighted by Gasteiger charge is -2.06. The Morgan fingerprint density at radius 3 is 2.75 bits per heavy atom. The van der Waals surface area contributed by atoms with Gasteiger partial charge in [0, 0.05) is 32.3 Å². The molecule has 0 saturated carbocycles. The molecule has 0 unspecified atom stereocenters. The maximum Gasteiger partial charge on any atom is 0.292 e. The number of anilines is 1. The van der Waals surface area contributed by atoms with Crippen molar-refractivity contribution >= 4 is 11.4 Å². The fourth-order valence-corrected chi connectivity index (χ4v) is 1.18. The minimum absolute atomic E-state index is 0.106. The van der Waals surface area contributed by atoms with E-state index in [4.69, 9.17) is 15.2 Å². The Morgan fingerprint density at radius 1 is 1.44 bits per heavy atom. The molecule has 0 spiro atoms. The smallest absolute Gasteiger partial charge is 0.292 e. The molecule has 88 valence electrons. The highest BCUT2D eigenvalue weighted by atomic mass is 16.6. The van der Waals surface area contributed by atoms with E-state index in [-0.39, 0.29) is 11.4 Å². The summed E-state index contributed by atoms with van der Waals surface area (Å²) in [6.45, 7) is 1.10. The predicted octanol–water partition coefficient (Wildman–Crippen LogP) is 1.59. The summed E-state index contributed by atoms with van der Waals surface area (Å²) in [5.41, 5.74) is 5.50. The lowest BCUT2D eigenvalue weighted by Crippen LogP contribution is -2.02. The van der Waals surface area contributed by atoms with Crippen LogP contribution in [0.4, 0.5) is 11.4 Å². The number of ether oxygens (including phenoxy) is 2. The van der Waals surface area contributed by atoms with E-state index >= 15 is 0 Å². The third-order valence-corrected chi connectivity index (χ3v) is 1.96. The summed E-state index contributed by atoms with van der Waals surface area (Å²) in [5.74, 6) is 0.527. The molecule has 0 heterocycles. The molecule has 0 radical (unpaired) electrons. The van der Waals surface area contributed by atoms with Crippen LogP contribution >= 0.6 is 0 Å². The molecule has 6 nitrogen and oxygen atoms in total. The van der Waals surface area contributed by atoms with Gasteiger partial charge in [-0.3, -0.25) is 10.1 Å². The van der Waals surface area contributed by atoms with Gasteiger partial charge in [0.1, 0.15) is 11.4 Å². The maximum atomic E-state index is 10.5. The van der Waals surface area contributed by atoms with Crippen LogP contribution in [0.25, 0.3) is 0 Å². The fraction of sp³-hybridized carbons (Fsp3) is 0.400. The van der Waals surface area contributed by atoms with E-state index < -0.39 is 4.92 Å². The summed E-state index contributed by atoms with van der Waals surface area (Å²) in [7, 11) is 1.61. The quantitative estimate of drug-likeness (QED) is 0.344. The van der Waals surface area contributed by atoms with Gasteiger partial charge in [-0.05, 0) is 6.07 Å². The molecule has 0 bridgehead atoms. The number of nitrogens with two attached hydrogens (primary N) is 1. The van der Waals surface area contributed by atoms with Gasteiger partial charge in [0.2, 0.25) is 0 Å². The number of nitro benzene ring substituents is 1. The Balaban J connectivity index is 2.56. The van der Waals surface area contributed by atoms with Gasteiger partial charge in [-0.25, -0.2) is 0 Å². The minimum Gasteiger partial charge on any atom is -0.493 e. The van der Waals surface area contributed by atoms with Gasteiger partial charge in [0.15, 0.2) is 0 Å². The van der Waals surface area contributed by atoms with Crippen molar-refractivity contribution in [1.82, 2.24) is 0 Å². The van der Waals surface area contributed by atoms with Crippen molar-refractivity contribution in [3.05, 3.63) is 28.3 Å². The molecule has 0 aliphatic heterocycles. The Kier molecular flexibility index (Phi) is 4.53. The lowest BCUT2D eigenvalue weighted by atomic mass is 10.2. The van der Waals surface area contributed by atoms with Crippen LogP contribution in [0.1, 0.15) is 6.42 Å². The van der Waals surface area contributed by atoms with E-state index in [0.29, 0.717) is 19.0 Å². The van der Waals surface area contributed by atoms with E-state index in [2.05, 4.69) is 0 Å². The van der Waals surface area contributed by atoms with Gasteiger partial charge in [0.25, 0.3) is 5.69 Å². The highest BCUT2D eigenvalue weighted by molar-refractivity contribution is 5.60. The zero-order valence-electron chi connectivity index (χ0n) is 9.01. The van der Waals surface area contributed by atoms with Crippen LogP contribution in [-0.2, 0) is 4.74 Å². The average Bonchev–Trinajstić information content (AvgIpc) is 2.24. The predicted molar refractivity (Wildman–Crippen MR) is 59.5 cm³/mol. The molecular weight excluding hydrogens is 212 g/mol. The summed E-state index contributed by atoms with van der Waals surface area (Å²) in [6, 6.07) is 4.31. The number of methoxy groups -OCH3 is 1. The molecule has 0 fully saturated rings. The largest absolute Gasteiger partial charge is 0.493 e. The second-order valence-electron chi connectivity index (χ2n) is 3.17. The van der Waals surface area contributed by atoms with Gasteiger partial charge >= 0.3 is 0 Å². The van der Waals surface area contributed by atoms with Gasteiger partial charge in [-0.15, -0.1) is 0 Å². The summed E-state index contributed by atoms with van der Waals surface area (Å²) in [6.07, 6.45) is 0.757. The Labute approximate surface area is 93.1 Å². The zero-order chi connectivity index (χ0) is 12.0. The van der Waals surface area contributed by atoms with Gasteiger partial charge < -0.3 is 15.2 Å². The highest BCUT2D eigenvalue weighted by Gasteiger charge is 2.11. The lowest BCUT2D eigenvalue weighted by molar-refractivity contribution is -0.383. The third kappa shape index (κ3) is 3.39. The van der Waals surface area contributed by atoms with Crippen molar-refractivity contribution in [3.8, 4) is 5.75 Å². The maximum absolute atomic E-state index is 10.5. The van der Waals surface area contributed by atoms with Crippen LogP contribution in [-0.4, -0.2) is 25.2 Å². The topological polar surface area (TPSA) is 87.6 Å². The number of rotatable bonds is 6. The van der Waals surface area contributed by atoms with E-state index in [9.17, 15) is 10.1 Å². The van der Waals surface area contributed by atoms with Crippen molar-refractivity contribution in [2.75, 3.05) is 26.1 Å². The van der Waals surface area contributed by atoms with Crippen molar-refractivity contribution in [2.24, 2.45) is 0 Å². The molecule has 1 aromatic carbocycles. The second-order valence-corrected chi connectivity index (χ2v) is 3.17. The number of nitrogens with zero attached hydrogens (tertiary/aromatic N) is 1. The molecule has 0 aliphatic carbocycles. The fourth-order valence-electron chi connectivity index (χ4n) is 1.18. The van der Waals surface area contributed by atoms with E-state index in [1.165, 1.54) is 18.2 Å². The van der Waals surface area contributed by atoms with Crippen LogP contribution in [0, 0.1) is 10.1 Å². The number of hydrogen-bond donors (Lipinski definition) is 1. The van der Waals surface area contributed by atoms with Crippen LogP contribution < -0.4 is 10.5 Å². The first kappa shape index (κ1) is 12.3. The summed E-state index contributed by atoms with van der Waals surface area (Å²) >= 11 is 0. The van der Waals surface area contributed by atoms with Crippen molar-refractivity contribution in [1.29, 1.82) is 0 Å². The third-order valence-electron chi connectivity index (χ3n) is 1.96. The summed E-state index contributed by atoms with van der Waals surface area (Å²) in [4.78, 5) is 9.98. The van der Waals surface area contributed by atoms with Gasteiger partial charge in [0.05, 0.1) is 11.5 Å². The van der Waals surface area contributed by atoms with Crippen molar-refractivity contribution in [2.45, 2.75) is 6.42 Å². The van der Waals surface area contributed by atoms with Crippen molar-refractivity contribution in [3.63, 3.8) is 0 Å². The van der Waals surface area contributed by atoms with Gasteiger partial charge in [-0.2, -0.15) is 0 Å². The van der Waals surface area contributed by atoms with Gasteiger partial charge in [-0.1, -0.05) is 0 Å². The molecule has 0 aromatic heterocycles. The molecule has 2 N–H and O–H groups in total. The van der Waals surface area contributed by atoms with Crippen molar-refractivity contribution < 1.29 is 14.4 Å². The summed E-state index contributed by atoms with van der Waals surface area (Å²) in [5, 5.41) is 10.5. The second kappa shape index (κ2) is 5.92. The molecule has 16 heavy (non-hydrogen) atoms. The van der Waals surface area contributed by atoms with Crippen LogP contribution in [0.3, 0.4) is 0 Å². The average molecular weight is 226 g/mol. The van der Waals surface area contributed by atoms with E-state index in [0.717, 1.165) is 6.42 Å². The number of nitrogen functional groups attached to an aromatic ring is 1. The first-order valence-corrected chi connectivity index (χ1v) is 4.81. The first-order chi connectivity index (χ1) is 7.65. The van der Waals surface area contributed by atoms with Crippen LogP contribution in [0.5, 0.6) is 5.75 Å². The molecule has 0 amide bonds. The Hall–Kier alpha value is -1.82. The normalized spacial score (nSPS) is 10.1. The number of hydrogen-bond acceptors (Lipinski definition) is 5. The van der Waals surface area contributed by atoms with E-state index in [1.54, 1.807) is 7.11 Å². The highest BCUT2D eigenvalue weighted by Crippen LogP contribution is 2.25. The number of benzene rings is 1. The molecular formula is C10H14N2O4. The van der Waals surface area contributed by atoms with Crippen LogP contribution in [0.15, 0.2) is 18.2 Å². The Morgan fingerprint density at radius 2 is 2.19 bits per heavy atom. The molecule has 0 saturated heterocycles. The molecule has 0 atom stereocenters. The zero-order valence-corrected chi connectivity index (χ0v) is 9.01. The van der Waals surface area contributed by atoms with E-state index in [1.807, 2.05) is 0 Å². The van der Waals surface area contributed by atoms with Crippen LogP contribution in [0.2, 0.25) is 0 Å². The number of nitro groups is 1. The first-order valence-electron chi connectivity index (χ1n) is 4.81. The Bertz CT molecular complexity index is 368. The molecule has 6 heteroatoms. The standard InChI is InChI=1S/C10H14N2O4/c1-15-5-2-6-16-8-3-4-10(12(13)14)9(11)7-8/h3-4,7H,2,5-6,11H2,1H3. The SMILES string of the molecule is COCCCOc1ccc([N+](=O)[O-])c(N)c1. The molecule has 1 rings (SSSR count). The summed E-state index contributed by atoms with van der Waals surface area (Å²) < 4.78 is 10.2.